The number of methoxy groups -OCH3 is 1. The van der Waals surface area contributed by atoms with Gasteiger partial charge in [-0.3, -0.25) is 0 Å². The second kappa shape index (κ2) is 5.75. The molecule has 0 aliphatic heterocycles. The van der Waals surface area contributed by atoms with Gasteiger partial charge in [0.1, 0.15) is 11.5 Å². The molecule has 0 spiro atoms. The van der Waals surface area contributed by atoms with Gasteiger partial charge in [0, 0.05) is 11.4 Å². The van der Waals surface area contributed by atoms with Gasteiger partial charge in [0.25, 0.3) is 0 Å². The first kappa shape index (κ1) is 13.4. The minimum atomic E-state index is -0.478. The van der Waals surface area contributed by atoms with E-state index in [4.69, 9.17) is 11.6 Å². The molecule has 0 radical (unpaired) electrons. The first-order chi connectivity index (χ1) is 9.10. The molecule has 0 atom stereocenters. The Morgan fingerprint density at radius 1 is 1.42 bits per heavy atom. The summed E-state index contributed by atoms with van der Waals surface area (Å²) in [6, 6.07) is 7.85. The van der Waals surface area contributed by atoms with E-state index in [2.05, 4.69) is 15.0 Å². The lowest BCUT2D eigenvalue weighted by atomic mass is 10.3. The molecule has 0 aliphatic rings. The van der Waals surface area contributed by atoms with Crippen LogP contribution >= 0.6 is 11.6 Å². The van der Waals surface area contributed by atoms with Crippen molar-refractivity contribution in [3.63, 3.8) is 0 Å². The van der Waals surface area contributed by atoms with Gasteiger partial charge in [0.15, 0.2) is 0 Å². The normalized spacial score (nSPS) is 10.3. The van der Waals surface area contributed by atoms with Crippen LogP contribution in [-0.4, -0.2) is 18.1 Å². The van der Waals surface area contributed by atoms with E-state index in [1.54, 1.807) is 18.2 Å². The highest BCUT2D eigenvalue weighted by molar-refractivity contribution is 6.30. The minimum Gasteiger partial charge on any atom is -0.464 e. The summed E-state index contributed by atoms with van der Waals surface area (Å²) in [5.41, 5.74) is 1.77. The fourth-order valence-electron chi connectivity index (χ4n) is 1.58. The van der Waals surface area contributed by atoms with Crippen molar-refractivity contribution >= 4 is 23.3 Å². The number of H-pyrrole nitrogens is 1. The van der Waals surface area contributed by atoms with Crippen molar-refractivity contribution in [1.82, 2.24) is 4.98 Å². The number of hydrogen-bond acceptors (Lipinski definition) is 3. The van der Waals surface area contributed by atoms with Gasteiger partial charge in [0.2, 0.25) is 0 Å². The third-order valence-corrected chi connectivity index (χ3v) is 2.86. The van der Waals surface area contributed by atoms with Crippen LogP contribution in [0.2, 0.25) is 5.02 Å². The van der Waals surface area contributed by atoms with Crippen LogP contribution in [0.1, 0.15) is 16.2 Å². The average molecular weight is 283 g/mol. The molecular formula is C13H12ClFN2O2. The molecule has 1 aromatic heterocycles. The van der Waals surface area contributed by atoms with Gasteiger partial charge >= 0.3 is 5.97 Å². The number of ether oxygens (including phenoxy) is 1. The fraction of sp³-hybridized carbons (Fsp3) is 0.154. The lowest BCUT2D eigenvalue weighted by Crippen LogP contribution is -2.03. The molecule has 0 fully saturated rings. The maximum Gasteiger partial charge on any atom is 0.354 e. The zero-order chi connectivity index (χ0) is 13.8. The third-order valence-electron chi connectivity index (χ3n) is 2.55. The number of aromatic amines is 1. The van der Waals surface area contributed by atoms with Crippen LogP contribution in [0.5, 0.6) is 0 Å². The molecular weight excluding hydrogens is 271 g/mol. The standard InChI is InChI=1S/C13H12ClFN2O2/c1-19-13(18)12-5-3-9(17-12)7-16-8-2-4-10(14)11(15)6-8/h2-6,16-17H,7H2,1H3. The van der Waals surface area contributed by atoms with Gasteiger partial charge in [-0.1, -0.05) is 11.6 Å². The van der Waals surface area contributed by atoms with Crippen LogP contribution < -0.4 is 5.32 Å². The number of nitrogens with one attached hydrogen (secondary N) is 2. The number of aromatic nitrogens is 1. The van der Waals surface area contributed by atoms with E-state index >= 15 is 0 Å². The van der Waals surface area contributed by atoms with Gasteiger partial charge in [-0.2, -0.15) is 0 Å². The van der Waals surface area contributed by atoms with Crippen LogP contribution in [0.4, 0.5) is 10.1 Å². The molecule has 100 valence electrons. The summed E-state index contributed by atoms with van der Waals surface area (Å²) in [6.45, 7) is 0.429. The predicted molar refractivity (Wildman–Crippen MR) is 70.9 cm³/mol. The Labute approximate surface area is 114 Å². The lowest BCUT2D eigenvalue weighted by molar-refractivity contribution is 0.0594. The molecule has 0 saturated heterocycles. The van der Waals surface area contributed by atoms with E-state index in [1.807, 2.05) is 0 Å². The zero-order valence-corrected chi connectivity index (χ0v) is 10.9. The van der Waals surface area contributed by atoms with Gasteiger partial charge in [0.05, 0.1) is 18.7 Å². The number of esters is 1. The van der Waals surface area contributed by atoms with Crippen molar-refractivity contribution in [2.75, 3.05) is 12.4 Å². The highest BCUT2D eigenvalue weighted by Crippen LogP contribution is 2.19. The monoisotopic (exact) mass is 282 g/mol. The number of carbonyl (C=O) groups is 1. The van der Waals surface area contributed by atoms with Crippen LogP contribution in [-0.2, 0) is 11.3 Å². The van der Waals surface area contributed by atoms with Crippen LogP contribution in [0.15, 0.2) is 30.3 Å². The molecule has 2 N–H and O–H groups in total. The molecule has 0 unspecified atom stereocenters. The second-order valence-corrected chi connectivity index (χ2v) is 4.28. The molecule has 0 aliphatic carbocycles. The van der Waals surface area contributed by atoms with Crippen LogP contribution in [0, 0.1) is 5.82 Å². The van der Waals surface area contributed by atoms with E-state index < -0.39 is 11.8 Å². The van der Waals surface area contributed by atoms with Crippen molar-refractivity contribution in [3.05, 3.63) is 52.6 Å². The Balaban J connectivity index is 2.00. The Hall–Kier alpha value is -2.01. The van der Waals surface area contributed by atoms with Gasteiger partial charge in [-0.05, 0) is 30.3 Å². The Morgan fingerprint density at radius 3 is 2.89 bits per heavy atom. The van der Waals surface area contributed by atoms with Gasteiger partial charge < -0.3 is 15.0 Å². The summed E-state index contributed by atoms with van der Waals surface area (Å²) in [4.78, 5) is 14.1. The average Bonchev–Trinajstić information content (AvgIpc) is 2.88. The Bertz CT molecular complexity index is 598. The van der Waals surface area contributed by atoms with E-state index in [-0.39, 0.29) is 5.02 Å². The summed E-state index contributed by atoms with van der Waals surface area (Å²) in [5, 5.41) is 3.10. The van der Waals surface area contributed by atoms with Crippen molar-refractivity contribution < 1.29 is 13.9 Å². The lowest BCUT2D eigenvalue weighted by Gasteiger charge is -2.05. The number of anilines is 1. The summed E-state index contributed by atoms with van der Waals surface area (Å²) < 4.78 is 17.8. The molecule has 19 heavy (non-hydrogen) atoms. The van der Waals surface area contributed by atoms with Gasteiger partial charge in [-0.25, -0.2) is 9.18 Å². The summed E-state index contributed by atoms with van der Waals surface area (Å²) in [7, 11) is 1.32. The highest BCUT2D eigenvalue weighted by Gasteiger charge is 2.08. The van der Waals surface area contributed by atoms with Crippen molar-refractivity contribution in [3.8, 4) is 0 Å². The highest BCUT2D eigenvalue weighted by atomic mass is 35.5. The Kier molecular flexibility index (Phi) is 4.06. The second-order valence-electron chi connectivity index (χ2n) is 3.87. The van der Waals surface area contributed by atoms with Gasteiger partial charge in [-0.15, -0.1) is 0 Å². The number of benzene rings is 1. The summed E-state index contributed by atoms with van der Waals surface area (Å²) >= 11 is 5.59. The summed E-state index contributed by atoms with van der Waals surface area (Å²) in [5.74, 6) is -0.905. The fourth-order valence-corrected chi connectivity index (χ4v) is 1.69. The molecule has 4 nitrogen and oxygen atoms in total. The van der Waals surface area contributed by atoms with Crippen molar-refractivity contribution in [1.29, 1.82) is 0 Å². The van der Waals surface area contributed by atoms with E-state index in [0.717, 1.165) is 5.69 Å². The smallest absolute Gasteiger partial charge is 0.354 e. The largest absolute Gasteiger partial charge is 0.464 e. The number of carbonyl (C=O) groups excluding carboxylic acids is 1. The minimum absolute atomic E-state index is 0.0819. The predicted octanol–water partition coefficient (Wildman–Crippen LogP) is 3.21. The van der Waals surface area contributed by atoms with Crippen molar-refractivity contribution in [2.24, 2.45) is 0 Å². The molecule has 1 aromatic carbocycles. The number of rotatable bonds is 4. The number of hydrogen-bond donors (Lipinski definition) is 2. The first-order valence-corrected chi connectivity index (χ1v) is 5.93. The van der Waals surface area contributed by atoms with Crippen LogP contribution in [0.25, 0.3) is 0 Å². The van der Waals surface area contributed by atoms with E-state index in [9.17, 15) is 9.18 Å². The molecule has 1 heterocycles. The quantitative estimate of drug-likeness (QED) is 0.847. The van der Waals surface area contributed by atoms with Crippen LogP contribution in [0.3, 0.4) is 0 Å². The molecule has 0 amide bonds. The van der Waals surface area contributed by atoms with E-state index in [1.165, 1.54) is 19.2 Å². The maximum absolute atomic E-state index is 13.2. The molecule has 2 rings (SSSR count). The van der Waals surface area contributed by atoms with E-state index in [0.29, 0.717) is 17.9 Å². The molecule has 0 bridgehead atoms. The maximum atomic E-state index is 13.2. The Morgan fingerprint density at radius 2 is 2.21 bits per heavy atom. The summed E-state index contributed by atoms with van der Waals surface area (Å²) in [6.07, 6.45) is 0. The molecule has 2 aromatic rings. The SMILES string of the molecule is COC(=O)c1ccc(CNc2ccc(Cl)c(F)c2)[nH]1. The molecule has 0 saturated carbocycles. The van der Waals surface area contributed by atoms with Crippen molar-refractivity contribution in [2.45, 2.75) is 6.54 Å². The zero-order valence-electron chi connectivity index (χ0n) is 10.2. The number of halogens is 2. The topological polar surface area (TPSA) is 54.1 Å². The first-order valence-electron chi connectivity index (χ1n) is 5.55. The third kappa shape index (κ3) is 3.26. The molecule has 6 heteroatoms.